The lowest BCUT2D eigenvalue weighted by Gasteiger charge is -2.12. The Kier molecular flexibility index (Phi) is 4.81. The van der Waals surface area contributed by atoms with Gasteiger partial charge in [-0.15, -0.1) is 0 Å². The highest BCUT2D eigenvalue weighted by Gasteiger charge is 2.18. The zero-order chi connectivity index (χ0) is 16.2. The predicted molar refractivity (Wildman–Crippen MR) is 87.0 cm³/mol. The minimum absolute atomic E-state index is 0.151. The molecule has 1 unspecified atom stereocenters. The molecule has 23 heavy (non-hydrogen) atoms. The third kappa shape index (κ3) is 3.82. The van der Waals surface area contributed by atoms with Gasteiger partial charge >= 0.3 is 0 Å². The maximum absolute atomic E-state index is 12.3. The van der Waals surface area contributed by atoms with Crippen LogP contribution in [0.2, 0.25) is 0 Å². The van der Waals surface area contributed by atoms with Crippen LogP contribution in [0.1, 0.15) is 54.7 Å². The molecule has 2 aromatic heterocycles. The van der Waals surface area contributed by atoms with Gasteiger partial charge in [0.1, 0.15) is 5.76 Å². The number of carbonyl (C=O) groups excluding carboxylic acids is 1. The van der Waals surface area contributed by atoms with E-state index >= 15 is 0 Å². The molecule has 124 valence electrons. The van der Waals surface area contributed by atoms with Gasteiger partial charge in [-0.3, -0.25) is 14.4 Å². The highest BCUT2D eigenvalue weighted by Crippen LogP contribution is 2.16. The number of hydrogen-bond donors (Lipinski definition) is 1. The fraction of sp³-hybridized carbons (Fsp3) is 0.529. The van der Waals surface area contributed by atoms with Gasteiger partial charge in [0, 0.05) is 12.7 Å². The molecular weight excluding hydrogens is 292 g/mol. The first-order chi connectivity index (χ1) is 11.2. The van der Waals surface area contributed by atoms with E-state index in [1.807, 2.05) is 36.9 Å². The number of nitrogens with one attached hydrogen (secondary N) is 1. The van der Waals surface area contributed by atoms with E-state index in [9.17, 15) is 4.79 Å². The zero-order valence-corrected chi connectivity index (χ0v) is 13.8. The summed E-state index contributed by atoms with van der Waals surface area (Å²) in [5.41, 5.74) is 0.851. The van der Waals surface area contributed by atoms with Gasteiger partial charge in [-0.1, -0.05) is 0 Å². The summed E-state index contributed by atoms with van der Waals surface area (Å²) in [7, 11) is 0. The average Bonchev–Trinajstić information content (AvgIpc) is 3.29. The molecule has 2 aromatic rings. The molecule has 0 bridgehead atoms. The van der Waals surface area contributed by atoms with Crippen LogP contribution in [-0.2, 0) is 13.1 Å². The molecule has 6 nitrogen and oxygen atoms in total. The molecule has 0 spiro atoms. The molecule has 6 heteroatoms. The lowest BCUT2D eigenvalue weighted by molar-refractivity contribution is 0.0907. The molecule has 1 N–H and O–H groups in total. The molecule has 3 heterocycles. The number of furan rings is 1. The van der Waals surface area contributed by atoms with Gasteiger partial charge in [-0.25, -0.2) is 0 Å². The molecule has 1 saturated heterocycles. The zero-order valence-electron chi connectivity index (χ0n) is 13.8. The largest absolute Gasteiger partial charge is 0.455 e. The minimum atomic E-state index is -0.198. The van der Waals surface area contributed by atoms with Crippen LogP contribution >= 0.6 is 0 Å². The van der Waals surface area contributed by atoms with Crippen LogP contribution in [0.3, 0.4) is 0 Å². The topological polar surface area (TPSA) is 63.3 Å². The number of carbonyl (C=O) groups is 1. The van der Waals surface area contributed by atoms with E-state index in [1.165, 1.54) is 12.8 Å². The summed E-state index contributed by atoms with van der Waals surface area (Å²) >= 11 is 0. The molecule has 1 fully saturated rings. The molecule has 0 aromatic carbocycles. The molecule has 1 aliphatic heterocycles. The highest BCUT2D eigenvalue weighted by atomic mass is 16.4. The average molecular weight is 316 g/mol. The summed E-state index contributed by atoms with van der Waals surface area (Å²) in [4.78, 5) is 14.7. The van der Waals surface area contributed by atoms with Crippen LogP contribution in [0.15, 0.2) is 28.8 Å². The van der Waals surface area contributed by atoms with Crippen molar-refractivity contribution in [2.24, 2.45) is 0 Å². The molecular formula is C17H24N4O2. The second kappa shape index (κ2) is 7.00. The van der Waals surface area contributed by atoms with Crippen LogP contribution in [0.4, 0.5) is 0 Å². The van der Waals surface area contributed by atoms with E-state index in [4.69, 9.17) is 4.42 Å². The first-order valence-electron chi connectivity index (χ1n) is 8.31. The summed E-state index contributed by atoms with van der Waals surface area (Å²) in [6.07, 6.45) is 4.41. The standard InChI is InChI=1S/C17H24N4O2/c1-3-21-11-8-15(19-21)13(2)18-17(22)16-7-6-14(23-16)12-20-9-4-5-10-20/h6-8,11,13H,3-5,9-10,12H2,1-2H3,(H,18,22). The van der Waals surface area contributed by atoms with Crippen LogP contribution in [-0.4, -0.2) is 33.7 Å². The third-order valence-corrected chi connectivity index (χ3v) is 4.24. The quantitative estimate of drug-likeness (QED) is 0.890. The molecule has 0 aliphatic carbocycles. The van der Waals surface area contributed by atoms with E-state index < -0.39 is 0 Å². The molecule has 0 radical (unpaired) electrons. The van der Waals surface area contributed by atoms with E-state index in [0.717, 1.165) is 37.6 Å². The van der Waals surface area contributed by atoms with Crippen molar-refractivity contribution in [2.45, 2.75) is 45.8 Å². The van der Waals surface area contributed by atoms with Crippen LogP contribution in [0.5, 0.6) is 0 Å². The van der Waals surface area contributed by atoms with Gasteiger partial charge in [-0.05, 0) is 58.0 Å². The second-order valence-electron chi connectivity index (χ2n) is 6.04. The van der Waals surface area contributed by atoms with Gasteiger partial charge in [-0.2, -0.15) is 5.10 Å². The van der Waals surface area contributed by atoms with E-state index in [0.29, 0.717) is 5.76 Å². The maximum Gasteiger partial charge on any atom is 0.287 e. The number of nitrogens with zero attached hydrogens (tertiary/aromatic N) is 3. The summed E-state index contributed by atoms with van der Waals surface area (Å²) in [6, 6.07) is 5.42. The first kappa shape index (κ1) is 15.8. The SMILES string of the molecule is CCn1ccc(C(C)NC(=O)c2ccc(CN3CCCC3)o2)n1. The van der Waals surface area contributed by atoms with Crippen molar-refractivity contribution in [3.05, 3.63) is 41.6 Å². The Morgan fingerprint density at radius 2 is 2.13 bits per heavy atom. The van der Waals surface area contributed by atoms with Gasteiger partial charge in [0.15, 0.2) is 5.76 Å². The van der Waals surface area contributed by atoms with Crippen LogP contribution in [0, 0.1) is 0 Å². The first-order valence-corrected chi connectivity index (χ1v) is 8.31. The van der Waals surface area contributed by atoms with Crippen molar-refractivity contribution in [1.82, 2.24) is 20.0 Å². The molecule has 3 rings (SSSR count). The normalized spacial score (nSPS) is 16.6. The monoisotopic (exact) mass is 316 g/mol. The maximum atomic E-state index is 12.3. The summed E-state index contributed by atoms with van der Waals surface area (Å²) < 4.78 is 7.54. The van der Waals surface area contributed by atoms with Crippen molar-refractivity contribution < 1.29 is 9.21 Å². The van der Waals surface area contributed by atoms with Crippen molar-refractivity contribution >= 4 is 5.91 Å². The Hall–Kier alpha value is -2.08. The van der Waals surface area contributed by atoms with Gasteiger partial charge in [0.05, 0.1) is 18.3 Å². The van der Waals surface area contributed by atoms with E-state index in [1.54, 1.807) is 6.07 Å². The van der Waals surface area contributed by atoms with Crippen molar-refractivity contribution in [1.29, 1.82) is 0 Å². The number of hydrogen-bond acceptors (Lipinski definition) is 4. The van der Waals surface area contributed by atoms with Crippen LogP contribution in [0.25, 0.3) is 0 Å². The van der Waals surface area contributed by atoms with Crippen molar-refractivity contribution in [3.63, 3.8) is 0 Å². The highest BCUT2D eigenvalue weighted by molar-refractivity contribution is 5.91. The molecule has 1 aliphatic rings. The number of aryl methyl sites for hydroxylation is 1. The summed E-state index contributed by atoms with van der Waals surface area (Å²) in [5, 5.41) is 7.35. The van der Waals surface area contributed by atoms with Crippen LogP contribution < -0.4 is 5.32 Å². The third-order valence-electron chi connectivity index (χ3n) is 4.24. The second-order valence-corrected chi connectivity index (χ2v) is 6.04. The molecule has 0 saturated carbocycles. The molecule has 1 amide bonds. The fourth-order valence-corrected chi connectivity index (χ4v) is 2.87. The van der Waals surface area contributed by atoms with Crippen molar-refractivity contribution in [2.75, 3.05) is 13.1 Å². The number of likely N-dealkylation sites (tertiary alicyclic amines) is 1. The fourth-order valence-electron chi connectivity index (χ4n) is 2.87. The Morgan fingerprint density at radius 1 is 1.35 bits per heavy atom. The summed E-state index contributed by atoms with van der Waals surface area (Å²) in [5.74, 6) is 1.01. The molecule has 1 atom stereocenters. The Bertz CT molecular complexity index is 655. The Balaban J connectivity index is 1.58. The van der Waals surface area contributed by atoms with Crippen molar-refractivity contribution in [3.8, 4) is 0 Å². The number of amides is 1. The van der Waals surface area contributed by atoms with Gasteiger partial charge in [0.2, 0.25) is 0 Å². The Labute approximate surface area is 136 Å². The predicted octanol–water partition coefficient (Wildman–Crippen LogP) is 2.58. The number of rotatable bonds is 6. The van der Waals surface area contributed by atoms with E-state index in [-0.39, 0.29) is 11.9 Å². The van der Waals surface area contributed by atoms with Gasteiger partial charge in [0.25, 0.3) is 5.91 Å². The van der Waals surface area contributed by atoms with Gasteiger partial charge < -0.3 is 9.73 Å². The smallest absolute Gasteiger partial charge is 0.287 e. The Morgan fingerprint density at radius 3 is 2.83 bits per heavy atom. The lowest BCUT2D eigenvalue weighted by Crippen LogP contribution is -2.26. The number of aromatic nitrogens is 2. The van der Waals surface area contributed by atoms with E-state index in [2.05, 4.69) is 15.3 Å². The minimum Gasteiger partial charge on any atom is -0.455 e. The lowest BCUT2D eigenvalue weighted by atomic mass is 10.2. The summed E-state index contributed by atoms with van der Waals surface area (Å²) in [6.45, 7) is 7.78.